The fourth-order valence-electron chi connectivity index (χ4n) is 5.48. The summed E-state index contributed by atoms with van der Waals surface area (Å²) in [7, 11) is 0. The Bertz CT molecular complexity index is 558. The van der Waals surface area contributed by atoms with E-state index in [0.717, 1.165) is 0 Å². The third-order valence-corrected chi connectivity index (χ3v) is 17.1. The molecule has 0 saturated carbocycles. The fraction of sp³-hybridized carbons (Fsp3) is 0.636. The van der Waals surface area contributed by atoms with Crippen molar-refractivity contribution in [2.24, 2.45) is 0 Å². The van der Waals surface area contributed by atoms with Crippen LogP contribution in [0.15, 0.2) is 44.6 Å². The van der Waals surface area contributed by atoms with Gasteiger partial charge in [-0.15, -0.1) is 0 Å². The molecule has 2 aliphatic carbocycles. The van der Waals surface area contributed by atoms with Crippen LogP contribution in [-0.4, -0.2) is 0 Å². The number of hydrogen-bond donors (Lipinski definition) is 0. The Morgan fingerprint density at radius 1 is 0.522 bits per heavy atom. The second-order valence-corrected chi connectivity index (χ2v) is 13.9. The van der Waals surface area contributed by atoms with E-state index in [4.69, 9.17) is 0 Å². The first kappa shape index (κ1) is 18.9. The van der Waals surface area contributed by atoms with Crippen LogP contribution in [0, 0.1) is 0 Å². The summed E-state index contributed by atoms with van der Waals surface area (Å²) < 4.78 is 0.870. The van der Waals surface area contributed by atoms with Crippen LogP contribution in [0.25, 0.3) is 0 Å². The molecule has 0 aliphatic heterocycles. The second-order valence-electron chi connectivity index (χ2n) is 8.05. The minimum absolute atomic E-state index is 0.435. The van der Waals surface area contributed by atoms with Crippen molar-refractivity contribution < 1.29 is 17.1 Å². The van der Waals surface area contributed by atoms with Gasteiger partial charge >= 0.3 is 152 Å². The fourth-order valence-corrected chi connectivity index (χ4v) is 13.1. The maximum atomic E-state index is 2.43. The van der Waals surface area contributed by atoms with Crippen LogP contribution in [0.5, 0.6) is 0 Å². The Hall–Kier alpha value is -0.417. The van der Waals surface area contributed by atoms with Crippen molar-refractivity contribution >= 4 is 0 Å². The molecule has 2 aliphatic rings. The van der Waals surface area contributed by atoms with Gasteiger partial charge in [0.2, 0.25) is 0 Å². The topological polar surface area (TPSA) is 0 Å². The van der Waals surface area contributed by atoms with Gasteiger partial charge in [0.15, 0.2) is 0 Å². The van der Waals surface area contributed by atoms with E-state index in [1.165, 1.54) is 12.8 Å². The van der Waals surface area contributed by atoms with Crippen LogP contribution in [0.4, 0.5) is 0 Å². The van der Waals surface area contributed by atoms with Crippen molar-refractivity contribution in [1.82, 2.24) is 0 Å². The number of hydrogen-bond acceptors (Lipinski definition) is 0. The predicted octanol–water partition coefficient (Wildman–Crippen LogP) is 7.58. The van der Waals surface area contributed by atoms with Crippen molar-refractivity contribution in [3.05, 3.63) is 44.6 Å². The van der Waals surface area contributed by atoms with Crippen LogP contribution in [0.2, 0.25) is 8.02 Å². The molecule has 0 heterocycles. The zero-order valence-corrected chi connectivity index (χ0v) is 20.1. The van der Waals surface area contributed by atoms with Crippen LogP contribution in [0.3, 0.4) is 0 Å². The molecule has 1 heteroatoms. The van der Waals surface area contributed by atoms with Crippen molar-refractivity contribution in [1.29, 1.82) is 0 Å². The average Bonchev–Trinajstić information content (AvgIpc) is 2.81. The molecule has 0 bridgehead atoms. The molecule has 0 saturated heterocycles. The molecule has 0 fully saturated rings. The summed E-state index contributed by atoms with van der Waals surface area (Å²) in [6.07, 6.45) is 2.58. The van der Waals surface area contributed by atoms with Crippen LogP contribution in [0.1, 0.15) is 82.1 Å². The Kier molecular flexibility index (Phi) is 5.05. The van der Waals surface area contributed by atoms with Crippen LogP contribution < -0.4 is 0 Å². The third-order valence-electron chi connectivity index (χ3n) is 8.06. The van der Waals surface area contributed by atoms with E-state index in [1.54, 1.807) is 44.6 Å². The normalized spacial score (nSPS) is 23.4. The van der Waals surface area contributed by atoms with Gasteiger partial charge in [0.25, 0.3) is 0 Å². The van der Waals surface area contributed by atoms with Crippen LogP contribution >= 0.6 is 0 Å². The summed E-state index contributed by atoms with van der Waals surface area (Å²) in [4.78, 5) is 0. The van der Waals surface area contributed by atoms with E-state index in [9.17, 15) is 0 Å². The molecule has 124 valence electrons. The number of allylic oxidation sites excluding steroid dienone is 8. The molecule has 0 amide bonds. The monoisotopic (exact) mass is 362 g/mol. The van der Waals surface area contributed by atoms with Gasteiger partial charge < -0.3 is 0 Å². The molecule has 0 spiro atoms. The van der Waals surface area contributed by atoms with E-state index in [-0.39, 0.29) is 0 Å². The molecule has 0 atom stereocenters. The Morgan fingerprint density at radius 3 is 0.913 bits per heavy atom. The quantitative estimate of drug-likeness (QED) is 0.451. The third kappa shape index (κ3) is 2.33. The zero-order valence-electron chi connectivity index (χ0n) is 17.1. The van der Waals surface area contributed by atoms with Gasteiger partial charge in [0.1, 0.15) is 0 Å². The molecular formula is C22H34Zn. The van der Waals surface area contributed by atoms with E-state index >= 15 is 0 Å². The van der Waals surface area contributed by atoms with Crippen molar-refractivity contribution in [2.75, 3.05) is 0 Å². The summed E-state index contributed by atoms with van der Waals surface area (Å²) in [6, 6.07) is 0. The molecule has 0 unspecified atom stereocenters. The first-order valence-electron chi connectivity index (χ1n) is 9.33. The van der Waals surface area contributed by atoms with Crippen LogP contribution in [-0.2, 0) is 17.1 Å². The first-order valence-corrected chi connectivity index (χ1v) is 12.3. The molecule has 0 nitrogen and oxygen atoms in total. The molecule has 2 rings (SSSR count). The van der Waals surface area contributed by atoms with E-state index in [2.05, 4.69) is 69.2 Å². The summed E-state index contributed by atoms with van der Waals surface area (Å²) >= 11 is -0.972. The van der Waals surface area contributed by atoms with Gasteiger partial charge in [-0.2, -0.15) is 0 Å². The Balaban J connectivity index is 2.65. The van der Waals surface area contributed by atoms with Gasteiger partial charge in [-0.25, -0.2) is 0 Å². The molecule has 23 heavy (non-hydrogen) atoms. The van der Waals surface area contributed by atoms with E-state index < -0.39 is 17.1 Å². The van der Waals surface area contributed by atoms with Gasteiger partial charge in [-0.1, -0.05) is 0 Å². The van der Waals surface area contributed by atoms with Crippen molar-refractivity contribution in [3.8, 4) is 0 Å². The summed E-state index contributed by atoms with van der Waals surface area (Å²) in [5.41, 5.74) is 13.1. The standard InChI is InChI=1S/2C11H17.Zn/c2*1-6-11-9(4)7(2)8(3)10(11)5;/h2*6H2,1-5H3;. The van der Waals surface area contributed by atoms with E-state index in [0.29, 0.717) is 8.02 Å². The van der Waals surface area contributed by atoms with Gasteiger partial charge in [-0.05, 0) is 0 Å². The number of rotatable bonds is 4. The molecule has 0 radical (unpaired) electrons. The maximum absolute atomic E-state index is 2.43. The Morgan fingerprint density at radius 2 is 0.739 bits per heavy atom. The first-order chi connectivity index (χ1) is 10.6. The van der Waals surface area contributed by atoms with Crippen molar-refractivity contribution in [2.45, 2.75) is 90.1 Å². The zero-order chi connectivity index (χ0) is 17.7. The SMILES string of the molecule is CC[C]1([Zn][C]2(CC)C(C)=C(C)C(C)=C2C)C(C)=C(C)C(C)=C1C. The molecule has 0 aromatic carbocycles. The molecule has 0 aromatic heterocycles. The predicted molar refractivity (Wildman–Crippen MR) is 99.5 cm³/mol. The van der Waals surface area contributed by atoms with Gasteiger partial charge in [-0.3, -0.25) is 0 Å². The summed E-state index contributed by atoms with van der Waals surface area (Å²) in [5.74, 6) is 0. The molecular weight excluding hydrogens is 330 g/mol. The van der Waals surface area contributed by atoms with Gasteiger partial charge in [0, 0.05) is 0 Å². The van der Waals surface area contributed by atoms with Crippen molar-refractivity contribution in [3.63, 3.8) is 0 Å². The second kappa shape index (κ2) is 6.14. The summed E-state index contributed by atoms with van der Waals surface area (Å²) in [6.45, 7) is 24.0. The molecule has 0 N–H and O–H groups in total. The van der Waals surface area contributed by atoms with E-state index in [1.807, 2.05) is 0 Å². The van der Waals surface area contributed by atoms with Gasteiger partial charge in [0.05, 0.1) is 0 Å². The summed E-state index contributed by atoms with van der Waals surface area (Å²) in [5, 5.41) is 0. The Labute approximate surface area is 151 Å². The minimum atomic E-state index is -0.972. The molecule has 0 aromatic rings. The average molecular weight is 364 g/mol.